The van der Waals surface area contributed by atoms with E-state index in [4.69, 9.17) is 4.74 Å². The van der Waals surface area contributed by atoms with Gasteiger partial charge in [0.1, 0.15) is 0 Å². The zero-order chi connectivity index (χ0) is 10.5. The molecule has 15 heavy (non-hydrogen) atoms. The van der Waals surface area contributed by atoms with E-state index >= 15 is 0 Å². The quantitative estimate of drug-likeness (QED) is 0.544. The lowest BCUT2D eigenvalue weighted by Crippen LogP contribution is -2.31. The minimum atomic E-state index is -0.160. The molecule has 4 nitrogen and oxygen atoms in total. The summed E-state index contributed by atoms with van der Waals surface area (Å²) in [6, 6.07) is 0. The van der Waals surface area contributed by atoms with Gasteiger partial charge in [0.15, 0.2) is 0 Å². The summed E-state index contributed by atoms with van der Waals surface area (Å²) >= 11 is 0. The molecule has 3 atom stereocenters. The van der Waals surface area contributed by atoms with Crippen molar-refractivity contribution in [3.63, 3.8) is 0 Å². The van der Waals surface area contributed by atoms with Crippen molar-refractivity contribution in [3.05, 3.63) is 0 Å². The highest BCUT2D eigenvalue weighted by atomic mass is 16.5. The molecule has 88 valence electrons. The third-order valence-corrected chi connectivity index (χ3v) is 3.46. The highest BCUT2D eigenvalue weighted by Crippen LogP contribution is 2.15. The first-order valence-corrected chi connectivity index (χ1v) is 6.03. The Bertz CT molecular complexity index is 183. The Balaban J connectivity index is 1.51. The van der Waals surface area contributed by atoms with Gasteiger partial charge in [-0.3, -0.25) is 0 Å². The zero-order valence-electron chi connectivity index (χ0n) is 9.24. The molecular weight excluding hydrogens is 192 g/mol. The molecule has 3 N–H and O–H groups in total. The minimum absolute atomic E-state index is 0.160. The first kappa shape index (κ1) is 11.3. The Hall–Kier alpha value is -0.160. The van der Waals surface area contributed by atoms with Crippen molar-refractivity contribution >= 4 is 0 Å². The molecule has 0 aliphatic carbocycles. The lowest BCUT2D eigenvalue weighted by atomic mass is 10.0. The number of hydrogen-bond acceptors (Lipinski definition) is 4. The van der Waals surface area contributed by atoms with E-state index in [0.29, 0.717) is 5.92 Å². The predicted octanol–water partition coefficient (Wildman–Crippen LogP) is -0.417. The number of β-amino-alcohol motifs (C(OH)–C–C–N with tert-alkyl or cyclic N) is 1. The number of aliphatic hydroxyl groups is 1. The second-order valence-corrected chi connectivity index (χ2v) is 4.71. The van der Waals surface area contributed by atoms with Crippen LogP contribution in [-0.2, 0) is 4.74 Å². The Labute approximate surface area is 91.4 Å². The molecule has 4 heteroatoms. The first-order valence-electron chi connectivity index (χ1n) is 6.03. The second-order valence-electron chi connectivity index (χ2n) is 4.71. The van der Waals surface area contributed by atoms with Gasteiger partial charge in [-0.05, 0) is 25.3 Å². The first-order chi connectivity index (χ1) is 7.36. The van der Waals surface area contributed by atoms with Gasteiger partial charge in [-0.2, -0.15) is 0 Å². The summed E-state index contributed by atoms with van der Waals surface area (Å²) in [5.74, 6) is 1.15. The van der Waals surface area contributed by atoms with Crippen LogP contribution in [0.5, 0.6) is 0 Å². The van der Waals surface area contributed by atoms with Gasteiger partial charge < -0.3 is 20.5 Å². The third kappa shape index (κ3) is 3.41. The van der Waals surface area contributed by atoms with E-state index in [-0.39, 0.29) is 6.10 Å². The molecule has 2 aliphatic heterocycles. The van der Waals surface area contributed by atoms with Gasteiger partial charge in [0.2, 0.25) is 0 Å². The molecule has 2 rings (SSSR count). The summed E-state index contributed by atoms with van der Waals surface area (Å²) in [6.45, 7) is 5.56. The van der Waals surface area contributed by atoms with Crippen molar-refractivity contribution in [3.8, 4) is 0 Å². The number of nitrogens with one attached hydrogen (secondary N) is 2. The average Bonchev–Trinajstić information content (AvgIpc) is 2.85. The van der Waals surface area contributed by atoms with E-state index in [1.165, 1.54) is 12.8 Å². The maximum absolute atomic E-state index is 9.58. The Morgan fingerprint density at radius 1 is 1.40 bits per heavy atom. The number of rotatable bonds is 5. The van der Waals surface area contributed by atoms with Crippen LogP contribution in [0.1, 0.15) is 12.8 Å². The topological polar surface area (TPSA) is 53.5 Å². The summed E-state index contributed by atoms with van der Waals surface area (Å²) < 4.78 is 5.33. The van der Waals surface area contributed by atoms with E-state index in [1.54, 1.807) is 0 Å². The summed E-state index contributed by atoms with van der Waals surface area (Å²) in [4.78, 5) is 0. The van der Waals surface area contributed by atoms with E-state index in [2.05, 4.69) is 10.6 Å². The van der Waals surface area contributed by atoms with Crippen molar-refractivity contribution in [2.24, 2.45) is 11.8 Å². The van der Waals surface area contributed by atoms with Crippen LogP contribution in [0.2, 0.25) is 0 Å². The summed E-state index contributed by atoms with van der Waals surface area (Å²) in [5.41, 5.74) is 0. The molecule has 0 aromatic carbocycles. The molecule has 0 spiro atoms. The molecule has 0 bridgehead atoms. The zero-order valence-corrected chi connectivity index (χ0v) is 9.24. The Kier molecular flexibility index (Phi) is 4.38. The van der Waals surface area contributed by atoms with Crippen molar-refractivity contribution in [1.29, 1.82) is 0 Å². The highest BCUT2D eigenvalue weighted by Gasteiger charge is 2.24. The number of ether oxygens (including phenoxy) is 1. The van der Waals surface area contributed by atoms with Crippen LogP contribution in [0.15, 0.2) is 0 Å². The normalized spacial score (nSPS) is 36.2. The molecule has 2 fully saturated rings. The van der Waals surface area contributed by atoms with Gasteiger partial charge >= 0.3 is 0 Å². The minimum Gasteiger partial charge on any atom is -0.391 e. The van der Waals surface area contributed by atoms with Gasteiger partial charge in [0, 0.05) is 38.8 Å². The van der Waals surface area contributed by atoms with Crippen LogP contribution in [0.4, 0.5) is 0 Å². The van der Waals surface area contributed by atoms with Gasteiger partial charge in [-0.25, -0.2) is 0 Å². The van der Waals surface area contributed by atoms with Crippen LogP contribution < -0.4 is 10.6 Å². The van der Waals surface area contributed by atoms with Gasteiger partial charge in [-0.15, -0.1) is 0 Å². The number of hydrogen-bond donors (Lipinski definition) is 3. The highest BCUT2D eigenvalue weighted by molar-refractivity contribution is 4.81. The fraction of sp³-hybridized carbons (Fsp3) is 1.00. The smallest absolute Gasteiger partial charge is 0.0716 e. The molecule has 0 aromatic rings. The summed E-state index contributed by atoms with van der Waals surface area (Å²) in [7, 11) is 0. The lowest BCUT2D eigenvalue weighted by Gasteiger charge is -2.15. The maximum atomic E-state index is 9.58. The SMILES string of the molecule is OC1CNCC1CNCCC1CCOC1. The molecule has 0 saturated carbocycles. The average molecular weight is 214 g/mol. The van der Waals surface area contributed by atoms with Crippen molar-refractivity contribution in [1.82, 2.24) is 10.6 Å². The molecule has 2 aliphatic rings. The molecule has 2 saturated heterocycles. The van der Waals surface area contributed by atoms with Crippen molar-refractivity contribution in [2.45, 2.75) is 18.9 Å². The van der Waals surface area contributed by atoms with Crippen LogP contribution in [0.3, 0.4) is 0 Å². The largest absolute Gasteiger partial charge is 0.391 e. The van der Waals surface area contributed by atoms with Gasteiger partial charge in [-0.1, -0.05) is 0 Å². The molecule has 0 aromatic heterocycles. The van der Waals surface area contributed by atoms with Crippen LogP contribution in [0, 0.1) is 11.8 Å². The Morgan fingerprint density at radius 2 is 2.33 bits per heavy atom. The van der Waals surface area contributed by atoms with Crippen LogP contribution in [-0.4, -0.2) is 50.6 Å². The van der Waals surface area contributed by atoms with Crippen molar-refractivity contribution < 1.29 is 9.84 Å². The van der Waals surface area contributed by atoms with E-state index in [0.717, 1.165) is 45.3 Å². The van der Waals surface area contributed by atoms with E-state index < -0.39 is 0 Å². The standard InChI is InChI=1S/C11H22N2O2/c14-11-7-13-6-10(11)5-12-3-1-9-2-4-15-8-9/h9-14H,1-8H2. The molecule has 0 radical (unpaired) electrons. The van der Waals surface area contributed by atoms with Gasteiger partial charge in [0.25, 0.3) is 0 Å². The van der Waals surface area contributed by atoms with Crippen LogP contribution >= 0.6 is 0 Å². The van der Waals surface area contributed by atoms with Gasteiger partial charge in [0.05, 0.1) is 6.10 Å². The fourth-order valence-corrected chi connectivity index (χ4v) is 2.33. The number of aliphatic hydroxyl groups excluding tert-OH is 1. The van der Waals surface area contributed by atoms with E-state index in [1.807, 2.05) is 0 Å². The van der Waals surface area contributed by atoms with E-state index in [9.17, 15) is 5.11 Å². The molecule has 2 heterocycles. The van der Waals surface area contributed by atoms with Crippen LogP contribution in [0.25, 0.3) is 0 Å². The lowest BCUT2D eigenvalue weighted by molar-refractivity contribution is 0.146. The fourth-order valence-electron chi connectivity index (χ4n) is 2.33. The predicted molar refractivity (Wildman–Crippen MR) is 58.8 cm³/mol. The molecular formula is C11H22N2O2. The third-order valence-electron chi connectivity index (χ3n) is 3.46. The summed E-state index contributed by atoms with van der Waals surface area (Å²) in [5, 5.41) is 16.2. The summed E-state index contributed by atoms with van der Waals surface area (Å²) in [6.07, 6.45) is 2.26. The second kappa shape index (κ2) is 5.80. The molecule has 3 unspecified atom stereocenters. The van der Waals surface area contributed by atoms with Crippen molar-refractivity contribution in [2.75, 3.05) is 39.4 Å². The molecule has 0 amide bonds. The maximum Gasteiger partial charge on any atom is 0.0716 e. The monoisotopic (exact) mass is 214 g/mol. The Morgan fingerprint density at radius 3 is 3.00 bits per heavy atom.